The van der Waals surface area contributed by atoms with E-state index >= 15 is 0 Å². The Kier molecular flexibility index (Phi) is 3.97. The molecule has 16 heavy (non-hydrogen) atoms. The first-order chi connectivity index (χ1) is 7.60. The largest absolute Gasteiger partial charge is 0.465 e. The number of ether oxygens (including phenoxy) is 1. The van der Waals surface area contributed by atoms with Gasteiger partial charge in [-0.25, -0.2) is 14.6 Å². The first kappa shape index (κ1) is 12.1. The number of hydrogen-bond donors (Lipinski definition) is 0. The molecular formula is C12H13NO3. The summed E-state index contributed by atoms with van der Waals surface area (Å²) >= 11 is 0. The minimum absolute atomic E-state index is 0.231. The van der Waals surface area contributed by atoms with Gasteiger partial charge in [-0.05, 0) is 36.6 Å². The second-order valence-electron chi connectivity index (χ2n) is 3.48. The van der Waals surface area contributed by atoms with Crippen LogP contribution in [0.5, 0.6) is 0 Å². The fraction of sp³-hybridized carbons (Fsp3) is 0.333. The van der Waals surface area contributed by atoms with E-state index in [4.69, 9.17) is 0 Å². The van der Waals surface area contributed by atoms with Crippen molar-refractivity contribution < 1.29 is 14.3 Å². The maximum atomic E-state index is 11.5. The van der Waals surface area contributed by atoms with Crippen molar-refractivity contribution >= 4 is 12.0 Å². The van der Waals surface area contributed by atoms with Crippen LogP contribution in [0, 0.1) is 13.8 Å². The van der Waals surface area contributed by atoms with Gasteiger partial charge in [0.2, 0.25) is 6.08 Å². The van der Waals surface area contributed by atoms with E-state index in [-0.39, 0.29) is 12.5 Å². The molecule has 84 valence electrons. The highest BCUT2D eigenvalue weighted by molar-refractivity contribution is 5.91. The van der Waals surface area contributed by atoms with Crippen LogP contribution < -0.4 is 0 Å². The van der Waals surface area contributed by atoms with E-state index in [1.165, 1.54) is 13.2 Å². The topological polar surface area (TPSA) is 55.7 Å². The van der Waals surface area contributed by atoms with Crippen molar-refractivity contribution in [3.05, 3.63) is 34.4 Å². The van der Waals surface area contributed by atoms with Crippen molar-refractivity contribution in [2.24, 2.45) is 4.99 Å². The lowest BCUT2D eigenvalue weighted by atomic mass is 9.99. The summed E-state index contributed by atoms with van der Waals surface area (Å²) in [6, 6.07) is 3.58. The Bertz CT molecular complexity index is 460. The monoisotopic (exact) mass is 219 g/mol. The maximum Gasteiger partial charge on any atom is 0.338 e. The van der Waals surface area contributed by atoms with Gasteiger partial charge < -0.3 is 4.74 Å². The van der Waals surface area contributed by atoms with Crippen LogP contribution in [0.1, 0.15) is 27.0 Å². The van der Waals surface area contributed by atoms with Gasteiger partial charge in [-0.3, -0.25) is 0 Å². The lowest BCUT2D eigenvalue weighted by Gasteiger charge is -2.09. The molecule has 0 aliphatic rings. The number of isocyanates is 1. The summed E-state index contributed by atoms with van der Waals surface area (Å²) in [5.41, 5.74) is 3.16. The number of aliphatic imine (C=N–C) groups is 1. The zero-order chi connectivity index (χ0) is 12.1. The van der Waals surface area contributed by atoms with Crippen molar-refractivity contribution in [3.63, 3.8) is 0 Å². The van der Waals surface area contributed by atoms with Gasteiger partial charge in [-0.1, -0.05) is 6.07 Å². The molecule has 1 aromatic rings. The van der Waals surface area contributed by atoms with Gasteiger partial charge in [0, 0.05) is 0 Å². The molecule has 0 saturated carbocycles. The quantitative estimate of drug-likeness (QED) is 0.443. The van der Waals surface area contributed by atoms with Crippen LogP contribution in [0.25, 0.3) is 0 Å². The van der Waals surface area contributed by atoms with Crippen molar-refractivity contribution in [2.75, 3.05) is 7.11 Å². The Hall–Kier alpha value is -1.93. The van der Waals surface area contributed by atoms with E-state index in [0.717, 1.165) is 16.7 Å². The number of nitrogens with zero attached hydrogens (tertiary/aromatic N) is 1. The average molecular weight is 219 g/mol. The number of hydrogen-bond acceptors (Lipinski definition) is 4. The molecule has 0 N–H and O–H groups in total. The van der Waals surface area contributed by atoms with Gasteiger partial charge in [0.25, 0.3) is 0 Å². The number of carbonyl (C=O) groups is 1. The van der Waals surface area contributed by atoms with E-state index in [1.807, 2.05) is 19.9 Å². The van der Waals surface area contributed by atoms with Gasteiger partial charge in [0.15, 0.2) is 0 Å². The molecule has 0 fully saturated rings. The Labute approximate surface area is 94.0 Å². The first-order valence-electron chi connectivity index (χ1n) is 4.82. The number of benzene rings is 1. The molecule has 0 heterocycles. The third-order valence-corrected chi connectivity index (χ3v) is 2.46. The summed E-state index contributed by atoms with van der Waals surface area (Å²) in [7, 11) is 1.34. The molecule has 0 radical (unpaired) electrons. The van der Waals surface area contributed by atoms with E-state index in [1.54, 1.807) is 6.07 Å². The highest BCUT2D eigenvalue weighted by Crippen LogP contribution is 2.17. The van der Waals surface area contributed by atoms with E-state index in [0.29, 0.717) is 5.56 Å². The normalized spacial score (nSPS) is 9.44. The lowest BCUT2D eigenvalue weighted by molar-refractivity contribution is 0.0599. The zero-order valence-corrected chi connectivity index (χ0v) is 9.53. The van der Waals surface area contributed by atoms with Crippen molar-refractivity contribution in [3.8, 4) is 0 Å². The molecule has 0 atom stereocenters. The summed E-state index contributed by atoms with van der Waals surface area (Å²) in [6.07, 6.45) is 1.47. The molecule has 0 amide bonds. The smallest absolute Gasteiger partial charge is 0.338 e. The predicted octanol–water partition coefficient (Wildman–Crippen LogP) is 1.93. The molecular weight excluding hydrogens is 206 g/mol. The standard InChI is InChI=1S/C12H13NO3/c1-8-4-10(6-13-7-14)5-11(9(8)2)12(15)16-3/h4-5H,6H2,1-3H3. The predicted molar refractivity (Wildman–Crippen MR) is 59.1 cm³/mol. The molecule has 0 spiro atoms. The number of aryl methyl sites for hydroxylation is 1. The van der Waals surface area contributed by atoms with Gasteiger partial charge >= 0.3 is 5.97 Å². The Morgan fingerprint density at radius 3 is 2.69 bits per heavy atom. The zero-order valence-electron chi connectivity index (χ0n) is 9.53. The lowest BCUT2D eigenvalue weighted by Crippen LogP contribution is -2.06. The molecule has 4 heteroatoms. The van der Waals surface area contributed by atoms with Crippen LogP contribution in [0.4, 0.5) is 0 Å². The highest BCUT2D eigenvalue weighted by atomic mass is 16.5. The van der Waals surface area contributed by atoms with Crippen LogP contribution in [-0.2, 0) is 16.1 Å². The molecule has 0 aliphatic heterocycles. The van der Waals surface area contributed by atoms with Crippen LogP contribution in [0.15, 0.2) is 17.1 Å². The number of carbonyl (C=O) groups excluding carboxylic acids is 2. The summed E-state index contributed by atoms with van der Waals surface area (Å²) < 4.78 is 4.68. The average Bonchev–Trinajstić information content (AvgIpc) is 2.29. The summed E-state index contributed by atoms with van der Waals surface area (Å²) in [4.78, 5) is 25.0. The third-order valence-electron chi connectivity index (χ3n) is 2.46. The van der Waals surface area contributed by atoms with Gasteiger partial charge in [0.1, 0.15) is 0 Å². The van der Waals surface area contributed by atoms with Crippen LogP contribution >= 0.6 is 0 Å². The second-order valence-corrected chi connectivity index (χ2v) is 3.48. The van der Waals surface area contributed by atoms with Crippen molar-refractivity contribution in [1.82, 2.24) is 0 Å². The van der Waals surface area contributed by atoms with Crippen molar-refractivity contribution in [2.45, 2.75) is 20.4 Å². The first-order valence-corrected chi connectivity index (χ1v) is 4.82. The SMILES string of the molecule is COC(=O)c1cc(CN=C=O)cc(C)c1C. The minimum atomic E-state index is -0.377. The Morgan fingerprint density at radius 2 is 2.12 bits per heavy atom. The molecule has 0 aliphatic carbocycles. The minimum Gasteiger partial charge on any atom is -0.465 e. The Morgan fingerprint density at radius 1 is 1.44 bits per heavy atom. The summed E-state index contributed by atoms with van der Waals surface area (Å²) in [6.45, 7) is 3.98. The van der Waals surface area contributed by atoms with Crippen LogP contribution in [-0.4, -0.2) is 19.2 Å². The van der Waals surface area contributed by atoms with Gasteiger partial charge in [-0.2, -0.15) is 0 Å². The number of methoxy groups -OCH3 is 1. The van der Waals surface area contributed by atoms with Crippen LogP contribution in [0.3, 0.4) is 0 Å². The second kappa shape index (κ2) is 5.24. The van der Waals surface area contributed by atoms with Gasteiger partial charge in [-0.15, -0.1) is 0 Å². The fourth-order valence-corrected chi connectivity index (χ4v) is 1.47. The van der Waals surface area contributed by atoms with E-state index < -0.39 is 0 Å². The molecule has 1 rings (SSSR count). The fourth-order valence-electron chi connectivity index (χ4n) is 1.47. The molecule has 0 bridgehead atoms. The van der Waals surface area contributed by atoms with Gasteiger partial charge in [0.05, 0.1) is 19.2 Å². The maximum absolute atomic E-state index is 11.5. The molecule has 1 aromatic carbocycles. The van der Waals surface area contributed by atoms with E-state index in [2.05, 4.69) is 9.73 Å². The highest BCUT2D eigenvalue weighted by Gasteiger charge is 2.12. The van der Waals surface area contributed by atoms with E-state index in [9.17, 15) is 9.59 Å². The number of rotatable bonds is 3. The number of esters is 1. The molecule has 0 saturated heterocycles. The summed E-state index contributed by atoms with van der Waals surface area (Å²) in [5.74, 6) is -0.377. The molecule has 4 nitrogen and oxygen atoms in total. The molecule has 0 unspecified atom stereocenters. The third kappa shape index (κ3) is 2.55. The van der Waals surface area contributed by atoms with Crippen LogP contribution in [0.2, 0.25) is 0 Å². The van der Waals surface area contributed by atoms with Crippen molar-refractivity contribution in [1.29, 1.82) is 0 Å². The molecule has 0 aromatic heterocycles. The Balaban J connectivity index is 3.21. The summed E-state index contributed by atoms with van der Waals surface area (Å²) in [5, 5.41) is 0.